The number of piperazine rings is 1. The third-order valence-electron chi connectivity index (χ3n) is 6.89. The summed E-state index contributed by atoms with van der Waals surface area (Å²) in [5.74, 6) is 0.723. The van der Waals surface area contributed by atoms with E-state index in [-0.39, 0.29) is 11.7 Å². The van der Waals surface area contributed by atoms with E-state index < -0.39 is 0 Å². The molecule has 1 amide bonds. The van der Waals surface area contributed by atoms with Gasteiger partial charge in [0.2, 0.25) is 5.91 Å². The molecule has 170 valence electrons. The van der Waals surface area contributed by atoms with Crippen molar-refractivity contribution in [1.82, 2.24) is 10.2 Å². The van der Waals surface area contributed by atoms with Gasteiger partial charge in [0.1, 0.15) is 5.82 Å². The third-order valence-corrected chi connectivity index (χ3v) is 6.89. The van der Waals surface area contributed by atoms with Crippen LogP contribution in [0.25, 0.3) is 0 Å². The van der Waals surface area contributed by atoms with Crippen LogP contribution >= 0.6 is 0 Å². The third kappa shape index (κ3) is 7.21. The van der Waals surface area contributed by atoms with Crippen molar-refractivity contribution in [3.05, 3.63) is 29.6 Å². The van der Waals surface area contributed by atoms with Gasteiger partial charge in [-0.15, -0.1) is 0 Å². The Bertz CT molecular complexity index is 746. The first-order chi connectivity index (χ1) is 15.1. The average Bonchev–Trinajstić information content (AvgIpc) is 2.79. The zero-order valence-corrected chi connectivity index (χ0v) is 18.9. The molecule has 1 aliphatic carbocycles. The minimum absolute atomic E-state index is 0.0949. The second-order valence-electron chi connectivity index (χ2n) is 9.05. The summed E-state index contributed by atoms with van der Waals surface area (Å²) in [5.41, 5.74) is 1.94. The molecule has 1 N–H and O–H groups in total. The molecular formula is C25H37FN4O. The lowest BCUT2D eigenvalue weighted by Gasteiger charge is -2.37. The van der Waals surface area contributed by atoms with E-state index in [0.717, 1.165) is 63.6 Å². The lowest BCUT2D eigenvalue weighted by atomic mass is 9.84. The van der Waals surface area contributed by atoms with Crippen molar-refractivity contribution in [2.45, 2.75) is 70.8 Å². The Labute approximate surface area is 186 Å². The fourth-order valence-electron chi connectivity index (χ4n) is 4.82. The van der Waals surface area contributed by atoms with Gasteiger partial charge in [-0.1, -0.05) is 13.0 Å². The van der Waals surface area contributed by atoms with Crippen molar-refractivity contribution in [2.24, 2.45) is 5.92 Å². The van der Waals surface area contributed by atoms with Gasteiger partial charge in [0, 0.05) is 45.1 Å². The highest BCUT2D eigenvalue weighted by Gasteiger charge is 2.24. The second-order valence-corrected chi connectivity index (χ2v) is 9.05. The summed E-state index contributed by atoms with van der Waals surface area (Å²) in [4.78, 5) is 16.6. The first-order valence-electron chi connectivity index (χ1n) is 12.0. The Hall–Kier alpha value is -2.13. The van der Waals surface area contributed by atoms with Crippen molar-refractivity contribution in [3.63, 3.8) is 0 Å². The minimum atomic E-state index is -0.112. The second kappa shape index (κ2) is 12.0. The molecule has 1 aromatic carbocycles. The van der Waals surface area contributed by atoms with Crippen molar-refractivity contribution in [1.29, 1.82) is 5.26 Å². The van der Waals surface area contributed by atoms with E-state index in [9.17, 15) is 9.18 Å². The number of nitrogens with zero attached hydrogens (tertiary/aromatic N) is 3. The Morgan fingerprint density at radius 2 is 1.94 bits per heavy atom. The largest absolute Gasteiger partial charge is 0.367 e. The fraction of sp³-hybridized carbons (Fsp3) is 0.680. The monoisotopic (exact) mass is 428 g/mol. The van der Waals surface area contributed by atoms with E-state index in [4.69, 9.17) is 5.26 Å². The van der Waals surface area contributed by atoms with Gasteiger partial charge in [0.15, 0.2) is 0 Å². The number of amides is 1. The molecule has 1 saturated heterocycles. The highest BCUT2D eigenvalue weighted by molar-refractivity contribution is 5.76. The van der Waals surface area contributed by atoms with Gasteiger partial charge in [0.25, 0.3) is 0 Å². The van der Waals surface area contributed by atoms with E-state index in [0.29, 0.717) is 25.3 Å². The maximum atomic E-state index is 14.3. The molecule has 31 heavy (non-hydrogen) atoms. The van der Waals surface area contributed by atoms with Crippen LogP contribution < -0.4 is 10.2 Å². The number of hydrogen-bond donors (Lipinski definition) is 1. The van der Waals surface area contributed by atoms with Crippen LogP contribution in [0.5, 0.6) is 0 Å². The van der Waals surface area contributed by atoms with Gasteiger partial charge < -0.3 is 10.2 Å². The SMILES string of the molecule is CCc1ccc(F)c(N2CCN(CC[C@H]3CC[C@H](NC(=O)CCCC#N)CC3)CC2)c1. The molecule has 2 aliphatic rings. The maximum Gasteiger partial charge on any atom is 0.220 e. The van der Waals surface area contributed by atoms with E-state index in [2.05, 4.69) is 28.1 Å². The van der Waals surface area contributed by atoms with Crippen molar-refractivity contribution in [3.8, 4) is 6.07 Å². The first-order valence-corrected chi connectivity index (χ1v) is 12.0. The summed E-state index contributed by atoms with van der Waals surface area (Å²) in [6, 6.07) is 7.88. The predicted octanol–water partition coefficient (Wildman–Crippen LogP) is 4.27. The van der Waals surface area contributed by atoms with Crippen LogP contribution in [0.1, 0.15) is 63.9 Å². The van der Waals surface area contributed by atoms with E-state index in [1.165, 1.54) is 24.8 Å². The van der Waals surface area contributed by atoms with Crippen molar-refractivity contribution >= 4 is 11.6 Å². The number of halogens is 1. The Kier molecular flexibility index (Phi) is 9.14. The maximum absolute atomic E-state index is 14.3. The van der Waals surface area contributed by atoms with Gasteiger partial charge in [-0.25, -0.2) is 4.39 Å². The first kappa shape index (κ1) is 23.5. The van der Waals surface area contributed by atoms with E-state index in [1.807, 2.05) is 12.1 Å². The summed E-state index contributed by atoms with van der Waals surface area (Å²) in [6.07, 6.45) is 8.20. The molecule has 5 nitrogen and oxygen atoms in total. The molecule has 2 fully saturated rings. The zero-order valence-electron chi connectivity index (χ0n) is 18.9. The Balaban J connectivity index is 1.33. The zero-order chi connectivity index (χ0) is 22.1. The number of unbranched alkanes of at least 4 members (excludes halogenated alkanes) is 1. The van der Waals surface area contributed by atoms with Gasteiger partial charge >= 0.3 is 0 Å². The summed E-state index contributed by atoms with van der Waals surface area (Å²) in [7, 11) is 0. The van der Waals surface area contributed by atoms with Crippen LogP contribution in [0.3, 0.4) is 0 Å². The molecule has 1 aliphatic heterocycles. The normalized spacial score (nSPS) is 22.2. The number of aryl methyl sites for hydroxylation is 1. The van der Waals surface area contributed by atoms with Crippen LogP contribution in [0.2, 0.25) is 0 Å². The summed E-state index contributed by atoms with van der Waals surface area (Å²) >= 11 is 0. The lowest BCUT2D eigenvalue weighted by molar-refractivity contribution is -0.122. The highest BCUT2D eigenvalue weighted by Crippen LogP contribution is 2.28. The van der Waals surface area contributed by atoms with Gasteiger partial charge in [0.05, 0.1) is 11.8 Å². The summed E-state index contributed by atoms with van der Waals surface area (Å²) in [6.45, 7) is 6.96. The molecule has 0 aromatic heterocycles. The van der Waals surface area contributed by atoms with Crippen LogP contribution in [-0.4, -0.2) is 49.6 Å². The summed E-state index contributed by atoms with van der Waals surface area (Å²) in [5, 5.41) is 11.7. The number of hydrogen-bond acceptors (Lipinski definition) is 4. The van der Waals surface area contributed by atoms with Gasteiger partial charge in [-0.2, -0.15) is 5.26 Å². The molecule has 0 atom stereocenters. The number of anilines is 1. The molecule has 0 bridgehead atoms. The standard InChI is InChI=1S/C25H37FN4O/c1-2-20-8-11-23(26)24(19-20)30-17-15-29(16-18-30)14-12-21-6-9-22(10-7-21)28-25(31)5-3-4-13-27/h8,11,19,21-22H,2-7,9-10,12,14-18H2,1H3,(H,28,31)/t21-,22-. The number of carbonyl (C=O) groups excluding carboxylic acids is 1. The topological polar surface area (TPSA) is 59.4 Å². The highest BCUT2D eigenvalue weighted by atomic mass is 19.1. The molecular weight excluding hydrogens is 391 g/mol. The Morgan fingerprint density at radius 1 is 1.19 bits per heavy atom. The van der Waals surface area contributed by atoms with Crippen LogP contribution in [0, 0.1) is 23.1 Å². The van der Waals surface area contributed by atoms with Gasteiger partial charge in [-0.05, 0) is 75.1 Å². The molecule has 1 saturated carbocycles. The smallest absolute Gasteiger partial charge is 0.220 e. The average molecular weight is 429 g/mol. The van der Waals surface area contributed by atoms with Crippen LogP contribution in [0.4, 0.5) is 10.1 Å². The number of nitriles is 1. The fourth-order valence-corrected chi connectivity index (χ4v) is 4.82. The summed E-state index contributed by atoms with van der Waals surface area (Å²) < 4.78 is 14.3. The quantitative estimate of drug-likeness (QED) is 0.597. The number of benzene rings is 1. The van der Waals surface area contributed by atoms with Crippen LogP contribution in [0.15, 0.2) is 18.2 Å². The Morgan fingerprint density at radius 3 is 2.61 bits per heavy atom. The van der Waals surface area contributed by atoms with Gasteiger partial charge in [-0.3, -0.25) is 9.69 Å². The molecule has 1 heterocycles. The van der Waals surface area contributed by atoms with Crippen molar-refractivity contribution in [2.75, 3.05) is 37.6 Å². The number of carbonyl (C=O) groups is 1. The predicted molar refractivity (Wildman–Crippen MR) is 122 cm³/mol. The molecule has 0 unspecified atom stereocenters. The van der Waals surface area contributed by atoms with E-state index in [1.54, 1.807) is 6.07 Å². The molecule has 0 spiro atoms. The molecule has 0 radical (unpaired) electrons. The molecule has 3 rings (SSSR count). The number of nitrogens with one attached hydrogen (secondary N) is 1. The molecule has 1 aromatic rings. The lowest BCUT2D eigenvalue weighted by Crippen LogP contribution is -2.47. The molecule has 6 heteroatoms. The van der Waals surface area contributed by atoms with E-state index >= 15 is 0 Å². The minimum Gasteiger partial charge on any atom is -0.367 e. The number of rotatable bonds is 9. The van der Waals surface area contributed by atoms with Crippen molar-refractivity contribution < 1.29 is 9.18 Å². The van der Waals surface area contributed by atoms with Crippen LogP contribution in [-0.2, 0) is 11.2 Å².